The largest absolute Gasteiger partial charge is 0.456 e. The van der Waals surface area contributed by atoms with E-state index in [1.807, 2.05) is 6.92 Å². The molecule has 7 heteroatoms. The molecule has 0 radical (unpaired) electrons. The fourth-order valence-electron chi connectivity index (χ4n) is 2.40. The third-order valence-electron chi connectivity index (χ3n) is 3.37. The van der Waals surface area contributed by atoms with Gasteiger partial charge < -0.3 is 4.74 Å². The molecule has 1 unspecified atom stereocenters. The Balaban J connectivity index is 2.60. The van der Waals surface area contributed by atoms with Crippen molar-refractivity contribution in [2.75, 3.05) is 0 Å². The van der Waals surface area contributed by atoms with Gasteiger partial charge in [0.05, 0.1) is 21.8 Å². The number of hydrogen-bond acceptors (Lipinski definition) is 7. The van der Waals surface area contributed by atoms with Gasteiger partial charge in [-0.25, -0.2) is 14.8 Å². The second-order valence-electron chi connectivity index (χ2n) is 6.80. The quantitative estimate of drug-likeness (QED) is 0.367. The molecule has 1 aliphatic heterocycles. The third-order valence-corrected chi connectivity index (χ3v) is 3.57. The molecule has 0 saturated carbocycles. The Kier molecular flexibility index (Phi) is 5.15. The van der Waals surface area contributed by atoms with E-state index in [0.717, 1.165) is 12.8 Å². The highest BCUT2D eigenvalue weighted by atomic mass is 32.1. The number of unbranched alkanes of at least 4 members (excludes halogenated alkanes) is 1. The van der Waals surface area contributed by atoms with Crippen LogP contribution in [0.5, 0.6) is 0 Å². The summed E-state index contributed by atoms with van der Waals surface area (Å²) in [6.07, 6.45) is 1.92. The van der Waals surface area contributed by atoms with E-state index in [4.69, 9.17) is 10.5 Å². The van der Waals surface area contributed by atoms with Crippen molar-refractivity contribution in [1.29, 1.82) is 0 Å². The lowest BCUT2D eigenvalue weighted by Crippen LogP contribution is -2.34. The van der Waals surface area contributed by atoms with E-state index in [1.165, 1.54) is 0 Å². The minimum Gasteiger partial charge on any atom is -0.456 e. The van der Waals surface area contributed by atoms with Gasteiger partial charge in [-0.05, 0) is 39.3 Å². The molecule has 2 rings (SSSR count). The highest BCUT2D eigenvalue weighted by Gasteiger charge is 2.28. The Labute approximate surface area is 146 Å². The van der Waals surface area contributed by atoms with E-state index >= 15 is 0 Å². The van der Waals surface area contributed by atoms with Gasteiger partial charge in [0.2, 0.25) is 0 Å². The number of fused-ring (bicyclic) bond motifs is 1. The van der Waals surface area contributed by atoms with Crippen LogP contribution in [0.1, 0.15) is 67.7 Å². The molecule has 0 fully saturated rings. The van der Waals surface area contributed by atoms with Crippen molar-refractivity contribution in [3.05, 3.63) is 34.0 Å². The van der Waals surface area contributed by atoms with Gasteiger partial charge in [-0.15, -0.1) is 12.6 Å². The lowest BCUT2D eigenvalue weighted by Gasteiger charge is -2.20. The predicted molar refractivity (Wildman–Crippen MR) is 93.7 cm³/mol. The highest BCUT2D eigenvalue weighted by molar-refractivity contribution is 7.81. The summed E-state index contributed by atoms with van der Waals surface area (Å²) in [6, 6.07) is 3.15. The van der Waals surface area contributed by atoms with E-state index in [-0.39, 0.29) is 16.9 Å². The second-order valence-corrected chi connectivity index (χ2v) is 7.45. The number of nitrogens with zero attached hydrogens (tertiary/aromatic N) is 2. The van der Waals surface area contributed by atoms with Gasteiger partial charge in [-0.1, -0.05) is 13.3 Å². The second kappa shape index (κ2) is 6.64. The van der Waals surface area contributed by atoms with Gasteiger partial charge in [0.15, 0.2) is 5.78 Å². The molecule has 0 saturated heterocycles. The number of esters is 1. The van der Waals surface area contributed by atoms with Gasteiger partial charge >= 0.3 is 5.97 Å². The number of nitrogens with two attached hydrogens (primary N) is 1. The summed E-state index contributed by atoms with van der Waals surface area (Å²) in [5, 5.41) is -0.647. The van der Waals surface area contributed by atoms with Crippen molar-refractivity contribution in [3.63, 3.8) is 0 Å². The number of hydrogen-bond donors (Lipinski definition) is 2. The number of ether oxygens (including phenoxy) is 1. The van der Waals surface area contributed by atoms with Crippen LogP contribution in [0.3, 0.4) is 0 Å². The van der Waals surface area contributed by atoms with E-state index in [9.17, 15) is 9.59 Å². The molecule has 0 aromatic heterocycles. The van der Waals surface area contributed by atoms with Crippen LogP contribution >= 0.6 is 12.6 Å². The summed E-state index contributed by atoms with van der Waals surface area (Å²) < 4.78 is 5.42. The molecule has 0 aliphatic carbocycles. The summed E-state index contributed by atoms with van der Waals surface area (Å²) in [6.45, 7) is 7.31. The molecule has 1 aromatic carbocycles. The Morgan fingerprint density at radius 1 is 1.29 bits per heavy atom. The van der Waals surface area contributed by atoms with Crippen LogP contribution in [0.2, 0.25) is 0 Å². The molecule has 0 spiro atoms. The predicted octanol–water partition coefficient (Wildman–Crippen LogP) is 1.77. The summed E-state index contributed by atoms with van der Waals surface area (Å²) in [5.41, 5.74) is 5.58. The maximum Gasteiger partial charge on any atom is 0.339 e. The summed E-state index contributed by atoms with van der Waals surface area (Å²) in [4.78, 5) is 33.6. The van der Waals surface area contributed by atoms with Crippen molar-refractivity contribution >= 4 is 24.4 Å². The average molecular weight is 349 g/mol. The molecule has 1 atom stereocenters. The van der Waals surface area contributed by atoms with Crippen molar-refractivity contribution < 1.29 is 14.3 Å². The Hall–Kier alpha value is -1.73. The number of rotatable bonds is 5. The number of carbonyl (C=O) groups is 2. The van der Waals surface area contributed by atoms with Crippen LogP contribution in [0, 0.1) is 0 Å². The fraction of sp³-hybridized carbons (Fsp3) is 0.529. The fourth-order valence-corrected chi connectivity index (χ4v) is 2.61. The first-order chi connectivity index (χ1) is 11.0. The zero-order valence-electron chi connectivity index (χ0n) is 14.4. The van der Waals surface area contributed by atoms with Gasteiger partial charge in [0, 0.05) is 6.42 Å². The molecule has 130 valence electrons. The van der Waals surface area contributed by atoms with E-state index in [0.29, 0.717) is 17.1 Å². The molecule has 1 aromatic rings. The van der Waals surface area contributed by atoms with Crippen LogP contribution in [0.4, 0.5) is 0 Å². The van der Waals surface area contributed by atoms with Crippen LogP contribution in [-0.4, -0.2) is 22.5 Å². The third kappa shape index (κ3) is 4.21. The molecule has 0 amide bonds. The highest BCUT2D eigenvalue weighted by Crippen LogP contribution is 2.17. The number of ketones is 1. The lowest BCUT2D eigenvalue weighted by molar-refractivity contribution is 0.00674. The Bertz CT molecular complexity index is 795. The number of thiol groups is 1. The molecule has 6 nitrogen and oxygen atoms in total. The molecule has 2 N–H and O–H groups in total. The van der Waals surface area contributed by atoms with Crippen molar-refractivity contribution in [1.82, 2.24) is 0 Å². The number of Topliss-reactive ketones (excluding diaryl/α,β-unsaturated/α-hetero) is 1. The van der Waals surface area contributed by atoms with Gasteiger partial charge in [-0.3, -0.25) is 10.5 Å². The number of carbonyl (C=O) groups excluding carboxylic acids is 2. The van der Waals surface area contributed by atoms with Crippen molar-refractivity contribution in [2.45, 2.75) is 57.7 Å². The first-order valence-corrected chi connectivity index (χ1v) is 8.39. The Morgan fingerprint density at radius 2 is 1.96 bits per heavy atom. The molecule has 1 heterocycles. The number of benzene rings is 1. The summed E-state index contributed by atoms with van der Waals surface area (Å²) in [7, 11) is 0. The molecule has 1 aliphatic rings. The minimum absolute atomic E-state index is 0.167. The van der Waals surface area contributed by atoms with Gasteiger partial charge in [0.25, 0.3) is 5.12 Å². The average Bonchev–Trinajstić information content (AvgIpc) is 2.75. The minimum atomic E-state index is -1.42. The molecular formula is C17H23N3O3S. The van der Waals surface area contributed by atoms with Gasteiger partial charge in [0.1, 0.15) is 5.60 Å². The van der Waals surface area contributed by atoms with Crippen LogP contribution in [-0.2, 0) is 4.74 Å². The molecule has 24 heavy (non-hydrogen) atoms. The normalized spacial score (nSPS) is 19.2. The molecule has 0 bridgehead atoms. The van der Waals surface area contributed by atoms with Crippen LogP contribution < -0.4 is 16.4 Å². The maximum absolute atomic E-state index is 12.7. The van der Waals surface area contributed by atoms with Crippen molar-refractivity contribution in [2.24, 2.45) is 15.7 Å². The van der Waals surface area contributed by atoms with Crippen molar-refractivity contribution in [3.8, 4) is 0 Å². The van der Waals surface area contributed by atoms with E-state index in [2.05, 4.69) is 22.6 Å². The van der Waals surface area contributed by atoms with Gasteiger partial charge in [-0.2, -0.15) is 0 Å². The smallest absolute Gasteiger partial charge is 0.339 e. The standard InChI is InChI=1S/C17H23N3O3S/c1-5-6-7-12(21)13-10(15(22)23-16(2,3)4)8-9-11-14(13)20-17(18,24)19-11/h8-9,24H,5-7,18H2,1-4H3. The SMILES string of the molecule is CCCCC(=O)c1c(C(=O)OC(C)(C)C)ccc2c1=NC(N)(S)N=2. The first kappa shape index (κ1) is 18.6. The maximum atomic E-state index is 12.7. The lowest BCUT2D eigenvalue weighted by atomic mass is 9.98. The Morgan fingerprint density at radius 3 is 2.54 bits per heavy atom. The zero-order chi connectivity index (χ0) is 18.1. The monoisotopic (exact) mass is 349 g/mol. The van der Waals surface area contributed by atoms with E-state index in [1.54, 1.807) is 32.9 Å². The zero-order valence-corrected chi connectivity index (χ0v) is 15.3. The summed E-state index contributed by atoms with van der Waals surface area (Å²) >= 11 is 4.15. The topological polar surface area (TPSA) is 94.1 Å². The first-order valence-electron chi connectivity index (χ1n) is 7.94. The molecular weight excluding hydrogens is 326 g/mol. The van der Waals surface area contributed by atoms with Crippen LogP contribution in [0.25, 0.3) is 0 Å². The van der Waals surface area contributed by atoms with Crippen LogP contribution in [0.15, 0.2) is 22.1 Å². The van der Waals surface area contributed by atoms with E-state index < -0.39 is 16.7 Å². The summed E-state index contributed by atoms with van der Waals surface area (Å²) in [5.74, 6) is -0.728.